The van der Waals surface area contributed by atoms with Crippen LogP contribution in [0.1, 0.15) is 24.0 Å². The Kier molecular flexibility index (Phi) is 6.88. The Bertz CT molecular complexity index is 1160. The van der Waals surface area contributed by atoms with Crippen LogP contribution in [0.2, 0.25) is 0 Å². The summed E-state index contributed by atoms with van der Waals surface area (Å²) < 4.78 is 45.9. The molecule has 168 valence electrons. The highest BCUT2D eigenvalue weighted by atomic mass is 79.9. The van der Waals surface area contributed by atoms with E-state index in [4.69, 9.17) is 15.3 Å². The van der Waals surface area contributed by atoms with Crippen LogP contribution in [-0.2, 0) is 11.2 Å². The highest BCUT2D eigenvalue weighted by molar-refractivity contribution is 9.10. The van der Waals surface area contributed by atoms with Gasteiger partial charge in [-0.05, 0) is 46.2 Å². The number of carboxylic acids is 1. The molecule has 0 saturated carbocycles. The van der Waals surface area contributed by atoms with Gasteiger partial charge in [-0.2, -0.15) is 13.2 Å². The predicted octanol–water partition coefficient (Wildman–Crippen LogP) is 6.52. The molecule has 4 nitrogen and oxygen atoms in total. The van der Waals surface area contributed by atoms with Gasteiger partial charge >= 0.3 is 12.1 Å². The van der Waals surface area contributed by atoms with E-state index in [1.165, 1.54) is 28.5 Å². The van der Waals surface area contributed by atoms with E-state index in [0.717, 1.165) is 22.3 Å². The van der Waals surface area contributed by atoms with Gasteiger partial charge in [-0.15, -0.1) is 0 Å². The number of carboxylic acid groups (broad SMARTS) is 1. The molecule has 1 aliphatic heterocycles. The number of anilines is 1. The molecule has 0 radical (unpaired) electrons. The number of carbonyl (C=O) groups is 1. The van der Waals surface area contributed by atoms with Crippen molar-refractivity contribution < 1.29 is 27.5 Å². The quantitative estimate of drug-likeness (QED) is 0.234. The van der Waals surface area contributed by atoms with Gasteiger partial charge in [0.05, 0.1) is 0 Å². The minimum atomic E-state index is -5.08. The number of rotatable bonds is 2. The Labute approximate surface area is 190 Å². The average molecular weight is 511 g/mol. The van der Waals surface area contributed by atoms with E-state index in [-0.39, 0.29) is 5.82 Å². The Morgan fingerprint density at radius 2 is 1.75 bits per heavy atom. The second kappa shape index (κ2) is 9.28. The first-order chi connectivity index (χ1) is 15.0. The van der Waals surface area contributed by atoms with Crippen molar-refractivity contribution in [2.45, 2.75) is 25.4 Å². The smallest absolute Gasteiger partial charge is 0.475 e. The number of halogens is 5. The largest absolute Gasteiger partial charge is 0.490 e. The molecule has 32 heavy (non-hydrogen) atoms. The molecule has 1 unspecified atom stereocenters. The number of nitrogens with one attached hydrogen (secondary N) is 1. The molecule has 1 aliphatic rings. The number of nitrogens with zero attached hydrogens (tertiary/aromatic N) is 1. The topological polar surface area (TPSA) is 64.4 Å². The SMILES string of the molecule is CC1CN(C(=N)Cc2ccc(F)cc2)c2ccc3c(Br)cccc3c21.O=C(O)C(F)(F)F. The minimum Gasteiger partial charge on any atom is -0.475 e. The lowest BCUT2D eigenvalue weighted by Gasteiger charge is -2.21. The first kappa shape index (κ1) is 23.7. The fourth-order valence-corrected chi connectivity index (χ4v) is 4.19. The molecule has 0 aliphatic carbocycles. The number of benzene rings is 3. The van der Waals surface area contributed by atoms with Crippen molar-refractivity contribution >= 4 is 44.2 Å². The van der Waals surface area contributed by atoms with Crippen molar-refractivity contribution in [2.75, 3.05) is 11.4 Å². The first-order valence-corrected chi connectivity index (χ1v) is 10.4. The van der Waals surface area contributed by atoms with Gasteiger partial charge in [0.25, 0.3) is 0 Å². The van der Waals surface area contributed by atoms with E-state index in [1.807, 2.05) is 0 Å². The monoisotopic (exact) mass is 510 g/mol. The second-order valence-electron chi connectivity index (χ2n) is 7.40. The molecule has 1 heterocycles. The van der Waals surface area contributed by atoms with Gasteiger partial charge in [0, 0.05) is 29.0 Å². The van der Waals surface area contributed by atoms with Gasteiger partial charge < -0.3 is 10.0 Å². The summed E-state index contributed by atoms with van der Waals surface area (Å²) in [5, 5.41) is 18.2. The van der Waals surface area contributed by atoms with Crippen molar-refractivity contribution in [3.63, 3.8) is 0 Å². The predicted molar refractivity (Wildman–Crippen MR) is 119 cm³/mol. The zero-order valence-electron chi connectivity index (χ0n) is 16.9. The Balaban J connectivity index is 0.000000360. The van der Waals surface area contributed by atoms with Crippen molar-refractivity contribution in [1.29, 1.82) is 5.41 Å². The summed E-state index contributed by atoms with van der Waals surface area (Å²) in [5.41, 5.74) is 3.38. The van der Waals surface area contributed by atoms with E-state index in [9.17, 15) is 17.6 Å². The fourth-order valence-electron chi connectivity index (χ4n) is 3.69. The van der Waals surface area contributed by atoms with Crippen LogP contribution < -0.4 is 4.90 Å². The molecule has 0 spiro atoms. The molecule has 0 aromatic heterocycles. The number of aliphatic carboxylic acids is 1. The fraction of sp³-hybridized carbons (Fsp3) is 0.217. The third-order valence-corrected chi connectivity index (χ3v) is 5.81. The van der Waals surface area contributed by atoms with E-state index >= 15 is 0 Å². The van der Waals surface area contributed by atoms with Gasteiger partial charge in [-0.3, -0.25) is 5.41 Å². The third-order valence-electron chi connectivity index (χ3n) is 5.12. The lowest BCUT2D eigenvalue weighted by Crippen LogP contribution is -2.30. The van der Waals surface area contributed by atoms with Crippen molar-refractivity contribution in [3.05, 3.63) is 76.0 Å². The number of alkyl halides is 3. The van der Waals surface area contributed by atoms with Crippen molar-refractivity contribution in [3.8, 4) is 0 Å². The number of fused-ring (bicyclic) bond motifs is 3. The standard InChI is InChI=1S/C21H18BrFN2.C2HF3O2/c1-13-12-25(20(24)11-14-5-7-15(23)8-6-14)19-10-9-16-17(21(13)19)3-2-4-18(16)22;3-2(4,5)1(6)7/h2-10,13,24H,11-12H2,1H3;(H,6,7). The summed E-state index contributed by atoms with van der Waals surface area (Å²) in [6.45, 7) is 3.02. The summed E-state index contributed by atoms with van der Waals surface area (Å²) in [4.78, 5) is 11.0. The molecule has 0 amide bonds. The minimum absolute atomic E-state index is 0.243. The van der Waals surface area contributed by atoms with E-state index < -0.39 is 12.1 Å². The van der Waals surface area contributed by atoms with Crippen LogP contribution in [0.15, 0.2) is 59.1 Å². The number of hydrogen-bond acceptors (Lipinski definition) is 2. The van der Waals surface area contributed by atoms with Crippen molar-refractivity contribution in [2.24, 2.45) is 0 Å². The van der Waals surface area contributed by atoms with E-state index in [0.29, 0.717) is 18.2 Å². The molecule has 1 atom stereocenters. The average Bonchev–Trinajstić information content (AvgIpc) is 3.07. The molecule has 0 bridgehead atoms. The maximum absolute atomic E-state index is 13.1. The summed E-state index contributed by atoms with van der Waals surface area (Å²) in [6, 6.07) is 16.9. The maximum Gasteiger partial charge on any atom is 0.490 e. The molecule has 0 saturated heterocycles. The summed E-state index contributed by atoms with van der Waals surface area (Å²) in [5.74, 6) is -2.09. The highest BCUT2D eigenvalue weighted by Gasteiger charge is 2.38. The summed E-state index contributed by atoms with van der Waals surface area (Å²) >= 11 is 3.63. The van der Waals surface area contributed by atoms with Gasteiger partial charge in [0.15, 0.2) is 0 Å². The molecule has 0 fully saturated rings. The summed E-state index contributed by atoms with van der Waals surface area (Å²) in [7, 11) is 0. The molecular formula is C23H19BrF4N2O2. The third kappa shape index (κ3) is 5.09. The van der Waals surface area contributed by atoms with Crippen LogP contribution in [-0.4, -0.2) is 29.6 Å². The van der Waals surface area contributed by atoms with Crippen LogP contribution in [0, 0.1) is 11.2 Å². The van der Waals surface area contributed by atoms with Crippen molar-refractivity contribution in [1.82, 2.24) is 0 Å². The lowest BCUT2D eigenvalue weighted by atomic mass is 9.96. The Morgan fingerprint density at radius 3 is 2.34 bits per heavy atom. The highest BCUT2D eigenvalue weighted by Crippen LogP contribution is 2.42. The summed E-state index contributed by atoms with van der Waals surface area (Å²) in [6.07, 6.45) is -4.58. The first-order valence-electron chi connectivity index (χ1n) is 9.59. The van der Waals surface area contributed by atoms with E-state index in [1.54, 1.807) is 12.1 Å². The molecule has 3 aromatic rings. The second-order valence-corrected chi connectivity index (χ2v) is 8.25. The number of amidine groups is 1. The Morgan fingerprint density at radius 1 is 1.12 bits per heavy atom. The molecule has 3 aromatic carbocycles. The normalized spacial score (nSPS) is 15.2. The zero-order valence-corrected chi connectivity index (χ0v) is 18.5. The van der Waals surface area contributed by atoms with Crippen LogP contribution >= 0.6 is 15.9 Å². The van der Waals surface area contributed by atoms with Gasteiger partial charge in [0.1, 0.15) is 11.7 Å². The molecule has 9 heteroatoms. The number of hydrogen-bond donors (Lipinski definition) is 2. The van der Waals surface area contributed by atoms with Crippen LogP contribution in [0.3, 0.4) is 0 Å². The lowest BCUT2D eigenvalue weighted by molar-refractivity contribution is -0.192. The van der Waals surface area contributed by atoms with Gasteiger partial charge in [0.2, 0.25) is 0 Å². The molecular weight excluding hydrogens is 492 g/mol. The molecule has 4 rings (SSSR count). The van der Waals surface area contributed by atoms with E-state index in [2.05, 4.69) is 58.1 Å². The van der Waals surface area contributed by atoms with Gasteiger partial charge in [-0.25, -0.2) is 9.18 Å². The van der Waals surface area contributed by atoms with Crippen LogP contribution in [0.25, 0.3) is 10.8 Å². The van der Waals surface area contributed by atoms with Crippen LogP contribution in [0.4, 0.5) is 23.2 Å². The Hall–Kier alpha value is -2.94. The van der Waals surface area contributed by atoms with Gasteiger partial charge in [-0.1, -0.05) is 53.2 Å². The molecule has 2 N–H and O–H groups in total. The van der Waals surface area contributed by atoms with Crippen LogP contribution in [0.5, 0.6) is 0 Å². The maximum atomic E-state index is 13.1. The zero-order chi connectivity index (χ0) is 23.6.